The van der Waals surface area contributed by atoms with Gasteiger partial charge in [0.15, 0.2) is 11.5 Å². The third-order valence-corrected chi connectivity index (χ3v) is 2.75. The lowest BCUT2D eigenvalue weighted by Crippen LogP contribution is -2.02. The van der Waals surface area contributed by atoms with Crippen LogP contribution in [-0.2, 0) is 16.1 Å². The van der Waals surface area contributed by atoms with Gasteiger partial charge in [-0.05, 0) is 17.7 Å². The maximum Gasteiger partial charge on any atom is 0.179 e. The van der Waals surface area contributed by atoms with E-state index < -0.39 is 0 Å². The molecule has 1 atom stereocenters. The van der Waals surface area contributed by atoms with E-state index in [0.29, 0.717) is 29.7 Å². The molecule has 1 aromatic rings. The van der Waals surface area contributed by atoms with Crippen molar-refractivity contribution < 1.29 is 18.9 Å². The molecule has 0 aromatic heterocycles. The van der Waals surface area contributed by atoms with E-state index in [2.05, 4.69) is 0 Å². The summed E-state index contributed by atoms with van der Waals surface area (Å²) in [5.74, 6) is 1.16. The second kappa shape index (κ2) is 5.58. The largest absolute Gasteiger partial charge is 0.493 e. The van der Waals surface area contributed by atoms with E-state index in [-0.39, 0.29) is 6.10 Å². The highest BCUT2D eigenvalue weighted by atomic mass is 35.5. The van der Waals surface area contributed by atoms with Gasteiger partial charge in [-0.3, -0.25) is 0 Å². The van der Waals surface area contributed by atoms with Crippen LogP contribution in [0.3, 0.4) is 0 Å². The predicted octanol–water partition coefficient (Wildman–Crippen LogP) is 2.27. The minimum Gasteiger partial charge on any atom is -0.493 e. The summed E-state index contributed by atoms with van der Waals surface area (Å²) in [6, 6.07) is 3.68. The van der Waals surface area contributed by atoms with Crippen LogP contribution in [0.2, 0.25) is 5.02 Å². The van der Waals surface area contributed by atoms with Gasteiger partial charge in [0.1, 0.15) is 6.10 Å². The third-order valence-electron chi connectivity index (χ3n) is 2.47. The Bertz CT molecular complexity index is 390. The van der Waals surface area contributed by atoms with Crippen LogP contribution >= 0.6 is 11.6 Å². The Morgan fingerprint density at radius 1 is 1.35 bits per heavy atom. The van der Waals surface area contributed by atoms with Gasteiger partial charge in [0, 0.05) is 0 Å². The molecule has 0 bridgehead atoms. The average molecular weight is 259 g/mol. The van der Waals surface area contributed by atoms with Crippen molar-refractivity contribution in [3.05, 3.63) is 22.7 Å². The maximum absolute atomic E-state index is 6.08. The van der Waals surface area contributed by atoms with Gasteiger partial charge in [-0.15, -0.1) is 0 Å². The van der Waals surface area contributed by atoms with Gasteiger partial charge in [0.2, 0.25) is 0 Å². The Hall–Kier alpha value is -0.970. The Kier molecular flexibility index (Phi) is 4.10. The van der Waals surface area contributed by atoms with Crippen LogP contribution in [0.25, 0.3) is 0 Å². The normalized spacial score (nSPS) is 17.9. The summed E-state index contributed by atoms with van der Waals surface area (Å²) in [4.78, 5) is 0. The zero-order valence-electron chi connectivity index (χ0n) is 9.86. The zero-order chi connectivity index (χ0) is 12.3. The van der Waals surface area contributed by atoms with E-state index >= 15 is 0 Å². The zero-order valence-corrected chi connectivity index (χ0v) is 10.6. The summed E-state index contributed by atoms with van der Waals surface area (Å²) in [6.07, 6.45) is 0.269. The third kappa shape index (κ3) is 3.25. The first-order valence-corrected chi connectivity index (χ1v) is 5.72. The second-order valence-electron chi connectivity index (χ2n) is 3.78. The van der Waals surface area contributed by atoms with Crippen molar-refractivity contribution in [2.75, 3.05) is 27.4 Å². The first-order chi connectivity index (χ1) is 8.24. The quantitative estimate of drug-likeness (QED) is 0.734. The van der Waals surface area contributed by atoms with E-state index in [0.717, 1.165) is 12.2 Å². The summed E-state index contributed by atoms with van der Waals surface area (Å²) in [6.45, 7) is 1.90. The minimum absolute atomic E-state index is 0.269. The number of rotatable bonds is 6. The van der Waals surface area contributed by atoms with Crippen LogP contribution in [-0.4, -0.2) is 33.5 Å². The molecule has 0 radical (unpaired) electrons. The minimum atomic E-state index is 0.269. The molecule has 0 aliphatic carbocycles. The number of hydrogen-bond acceptors (Lipinski definition) is 4. The van der Waals surface area contributed by atoms with Crippen LogP contribution < -0.4 is 9.47 Å². The molecule has 5 heteroatoms. The second-order valence-corrected chi connectivity index (χ2v) is 4.19. The van der Waals surface area contributed by atoms with Gasteiger partial charge in [0.05, 0.1) is 39.1 Å². The van der Waals surface area contributed by atoms with Crippen molar-refractivity contribution in [3.8, 4) is 11.5 Å². The first-order valence-electron chi connectivity index (χ1n) is 5.34. The Morgan fingerprint density at radius 2 is 2.12 bits per heavy atom. The van der Waals surface area contributed by atoms with Crippen LogP contribution in [0.15, 0.2) is 12.1 Å². The topological polar surface area (TPSA) is 40.2 Å². The van der Waals surface area contributed by atoms with Crippen molar-refractivity contribution in [1.82, 2.24) is 0 Å². The van der Waals surface area contributed by atoms with E-state index in [1.165, 1.54) is 0 Å². The molecule has 0 N–H and O–H groups in total. The summed E-state index contributed by atoms with van der Waals surface area (Å²) in [7, 11) is 3.14. The monoisotopic (exact) mass is 258 g/mol. The fraction of sp³-hybridized carbons (Fsp3) is 0.500. The van der Waals surface area contributed by atoms with Crippen molar-refractivity contribution in [1.29, 1.82) is 0 Å². The standard InChI is InChI=1S/C12H15ClO4/c1-14-11-4-8(3-10(13)12(11)15-2)5-16-6-9-7-17-9/h3-4,9H,5-7H2,1-2H3. The number of ether oxygens (including phenoxy) is 4. The molecule has 4 nitrogen and oxygen atoms in total. The molecule has 0 spiro atoms. The molecule has 1 heterocycles. The van der Waals surface area contributed by atoms with E-state index in [9.17, 15) is 0 Å². The van der Waals surface area contributed by atoms with Gasteiger partial charge in [-0.2, -0.15) is 0 Å². The van der Waals surface area contributed by atoms with Crippen LogP contribution in [0.1, 0.15) is 5.56 Å². The van der Waals surface area contributed by atoms with Crippen LogP contribution in [0, 0.1) is 0 Å². The first kappa shape index (κ1) is 12.5. The van der Waals surface area contributed by atoms with Gasteiger partial charge in [-0.25, -0.2) is 0 Å². The van der Waals surface area contributed by atoms with E-state index in [1.807, 2.05) is 12.1 Å². The Morgan fingerprint density at radius 3 is 2.71 bits per heavy atom. The predicted molar refractivity (Wildman–Crippen MR) is 64.0 cm³/mol. The van der Waals surface area contributed by atoms with E-state index in [4.69, 9.17) is 30.5 Å². The van der Waals surface area contributed by atoms with Gasteiger partial charge < -0.3 is 18.9 Å². The molecule has 17 heavy (non-hydrogen) atoms. The van der Waals surface area contributed by atoms with Crippen molar-refractivity contribution >= 4 is 11.6 Å². The molecule has 2 rings (SSSR count). The number of halogens is 1. The molecular formula is C12H15ClO4. The molecular weight excluding hydrogens is 244 g/mol. The van der Waals surface area contributed by atoms with Crippen molar-refractivity contribution in [2.24, 2.45) is 0 Å². The Labute approximate surface area is 105 Å². The molecule has 0 amide bonds. The fourth-order valence-electron chi connectivity index (χ4n) is 1.53. The SMILES string of the molecule is COc1cc(COCC2CO2)cc(Cl)c1OC. The van der Waals surface area contributed by atoms with Gasteiger partial charge in [0.25, 0.3) is 0 Å². The molecule has 1 saturated heterocycles. The summed E-state index contributed by atoms with van der Waals surface area (Å²) in [5, 5.41) is 0.521. The van der Waals surface area contributed by atoms with Gasteiger partial charge in [-0.1, -0.05) is 11.6 Å². The lowest BCUT2D eigenvalue weighted by molar-refractivity contribution is 0.104. The number of hydrogen-bond donors (Lipinski definition) is 0. The molecule has 0 saturated carbocycles. The number of methoxy groups -OCH3 is 2. The number of epoxide rings is 1. The summed E-state index contributed by atoms with van der Waals surface area (Å²) < 4.78 is 20.9. The molecule has 1 aliphatic rings. The van der Waals surface area contributed by atoms with Crippen LogP contribution in [0.4, 0.5) is 0 Å². The maximum atomic E-state index is 6.08. The molecule has 1 aliphatic heterocycles. The molecule has 1 aromatic carbocycles. The summed E-state index contributed by atoms with van der Waals surface area (Å²) in [5.41, 5.74) is 0.952. The Balaban J connectivity index is 2.03. The smallest absolute Gasteiger partial charge is 0.179 e. The summed E-state index contributed by atoms with van der Waals surface area (Å²) >= 11 is 6.08. The average Bonchev–Trinajstić information content (AvgIpc) is 3.12. The highest BCUT2D eigenvalue weighted by molar-refractivity contribution is 6.32. The number of benzene rings is 1. The van der Waals surface area contributed by atoms with Crippen molar-refractivity contribution in [3.63, 3.8) is 0 Å². The molecule has 1 unspecified atom stereocenters. The van der Waals surface area contributed by atoms with Crippen LogP contribution in [0.5, 0.6) is 11.5 Å². The lowest BCUT2D eigenvalue weighted by Gasteiger charge is -2.11. The van der Waals surface area contributed by atoms with Gasteiger partial charge >= 0.3 is 0 Å². The van der Waals surface area contributed by atoms with E-state index in [1.54, 1.807) is 14.2 Å². The fourth-order valence-corrected chi connectivity index (χ4v) is 1.84. The molecule has 94 valence electrons. The highest BCUT2D eigenvalue weighted by Crippen LogP contribution is 2.36. The van der Waals surface area contributed by atoms with Crippen molar-refractivity contribution in [2.45, 2.75) is 12.7 Å². The molecule has 1 fully saturated rings. The highest BCUT2D eigenvalue weighted by Gasteiger charge is 2.22. The lowest BCUT2D eigenvalue weighted by atomic mass is 10.2.